The van der Waals surface area contributed by atoms with Crippen LogP contribution in [0.2, 0.25) is 0 Å². The second kappa shape index (κ2) is 5.02. The Morgan fingerprint density at radius 1 is 1.23 bits per heavy atom. The first-order chi connectivity index (χ1) is 6.26. The van der Waals surface area contributed by atoms with Crippen molar-refractivity contribution in [3.8, 4) is 0 Å². The molecule has 0 amide bonds. The molecule has 0 nitrogen and oxygen atoms in total. The third kappa shape index (κ3) is 2.72. The zero-order chi connectivity index (χ0) is 9.73. The Hall–Kier alpha value is 0. The molecule has 0 saturated heterocycles. The van der Waals surface area contributed by atoms with Gasteiger partial charge < -0.3 is 0 Å². The van der Waals surface area contributed by atoms with Crippen LogP contribution in [0.15, 0.2) is 0 Å². The SMILES string of the molecule is CCCCC1(CC)CCC(CC)C1. The summed E-state index contributed by atoms with van der Waals surface area (Å²) in [7, 11) is 0. The van der Waals surface area contributed by atoms with Crippen molar-refractivity contribution >= 4 is 0 Å². The van der Waals surface area contributed by atoms with Gasteiger partial charge >= 0.3 is 0 Å². The van der Waals surface area contributed by atoms with E-state index in [1.165, 1.54) is 51.4 Å². The normalized spacial score (nSPS) is 33.9. The predicted octanol–water partition coefficient (Wildman–Crippen LogP) is 4.78. The van der Waals surface area contributed by atoms with E-state index in [0.29, 0.717) is 0 Å². The minimum atomic E-state index is 0.761. The summed E-state index contributed by atoms with van der Waals surface area (Å²) in [6.45, 7) is 7.07. The molecule has 2 atom stereocenters. The average Bonchev–Trinajstić information content (AvgIpc) is 2.59. The third-order valence-corrected chi connectivity index (χ3v) is 4.19. The van der Waals surface area contributed by atoms with E-state index in [4.69, 9.17) is 0 Å². The lowest BCUT2D eigenvalue weighted by atomic mass is 9.78. The fourth-order valence-electron chi connectivity index (χ4n) is 2.95. The van der Waals surface area contributed by atoms with Crippen LogP contribution in [-0.2, 0) is 0 Å². The van der Waals surface area contributed by atoms with E-state index in [1.807, 2.05) is 0 Å². The highest BCUT2D eigenvalue weighted by Crippen LogP contribution is 2.48. The van der Waals surface area contributed by atoms with Gasteiger partial charge in [0.05, 0.1) is 0 Å². The molecule has 0 aromatic carbocycles. The molecule has 0 spiro atoms. The Kier molecular flexibility index (Phi) is 4.28. The molecule has 0 heteroatoms. The molecule has 1 saturated carbocycles. The third-order valence-electron chi connectivity index (χ3n) is 4.19. The summed E-state index contributed by atoms with van der Waals surface area (Å²) in [5, 5.41) is 0. The average molecular weight is 182 g/mol. The van der Waals surface area contributed by atoms with Crippen LogP contribution in [0.4, 0.5) is 0 Å². The standard InChI is InChI=1S/C13H26/c1-4-7-9-13(6-3)10-8-12(5-2)11-13/h12H,4-11H2,1-3H3. The fourth-order valence-corrected chi connectivity index (χ4v) is 2.95. The van der Waals surface area contributed by atoms with Crippen LogP contribution in [0, 0.1) is 11.3 Å². The van der Waals surface area contributed by atoms with Crippen molar-refractivity contribution in [2.24, 2.45) is 11.3 Å². The molecule has 0 heterocycles. The summed E-state index contributed by atoms with van der Waals surface area (Å²) < 4.78 is 0. The van der Waals surface area contributed by atoms with Crippen molar-refractivity contribution < 1.29 is 0 Å². The van der Waals surface area contributed by atoms with Gasteiger partial charge in [-0.25, -0.2) is 0 Å². The van der Waals surface area contributed by atoms with Gasteiger partial charge in [-0.2, -0.15) is 0 Å². The lowest BCUT2D eigenvalue weighted by Crippen LogP contribution is -2.15. The monoisotopic (exact) mass is 182 g/mol. The van der Waals surface area contributed by atoms with E-state index in [1.54, 1.807) is 0 Å². The second-order valence-corrected chi connectivity index (χ2v) is 4.97. The summed E-state index contributed by atoms with van der Waals surface area (Å²) in [5.41, 5.74) is 0.761. The van der Waals surface area contributed by atoms with Crippen LogP contribution < -0.4 is 0 Å². The number of rotatable bonds is 5. The number of unbranched alkanes of at least 4 members (excludes halogenated alkanes) is 1. The van der Waals surface area contributed by atoms with Gasteiger partial charge in [0.15, 0.2) is 0 Å². The van der Waals surface area contributed by atoms with Crippen molar-refractivity contribution in [1.29, 1.82) is 0 Å². The molecule has 1 aliphatic carbocycles. The molecule has 2 unspecified atom stereocenters. The van der Waals surface area contributed by atoms with Gasteiger partial charge in [-0.15, -0.1) is 0 Å². The van der Waals surface area contributed by atoms with Gasteiger partial charge in [0.2, 0.25) is 0 Å². The maximum absolute atomic E-state index is 2.40. The van der Waals surface area contributed by atoms with E-state index in [-0.39, 0.29) is 0 Å². The van der Waals surface area contributed by atoms with Gasteiger partial charge in [0, 0.05) is 0 Å². The lowest BCUT2D eigenvalue weighted by molar-refractivity contribution is 0.240. The van der Waals surface area contributed by atoms with Crippen molar-refractivity contribution in [3.63, 3.8) is 0 Å². The molecule has 0 aromatic rings. The van der Waals surface area contributed by atoms with Crippen molar-refractivity contribution in [1.82, 2.24) is 0 Å². The molecule has 13 heavy (non-hydrogen) atoms. The maximum Gasteiger partial charge on any atom is -0.0297 e. The first kappa shape index (κ1) is 11.1. The van der Waals surface area contributed by atoms with E-state index in [0.717, 1.165) is 11.3 Å². The molecule has 78 valence electrons. The van der Waals surface area contributed by atoms with Gasteiger partial charge in [0.25, 0.3) is 0 Å². The Labute approximate surface area is 84.1 Å². The van der Waals surface area contributed by atoms with Crippen LogP contribution in [0.25, 0.3) is 0 Å². The summed E-state index contributed by atoms with van der Waals surface area (Å²) in [6.07, 6.45) is 11.7. The van der Waals surface area contributed by atoms with Gasteiger partial charge in [0.1, 0.15) is 0 Å². The second-order valence-electron chi connectivity index (χ2n) is 4.97. The van der Waals surface area contributed by atoms with E-state index in [2.05, 4.69) is 20.8 Å². The summed E-state index contributed by atoms with van der Waals surface area (Å²) in [4.78, 5) is 0. The molecule has 0 bridgehead atoms. The van der Waals surface area contributed by atoms with E-state index < -0.39 is 0 Å². The van der Waals surface area contributed by atoms with Crippen molar-refractivity contribution in [2.75, 3.05) is 0 Å². The molecule has 1 rings (SSSR count). The quantitative estimate of drug-likeness (QED) is 0.574. The highest BCUT2D eigenvalue weighted by molar-refractivity contribution is 4.87. The molecule has 0 radical (unpaired) electrons. The van der Waals surface area contributed by atoms with Crippen LogP contribution >= 0.6 is 0 Å². The van der Waals surface area contributed by atoms with Gasteiger partial charge in [-0.1, -0.05) is 46.5 Å². The summed E-state index contributed by atoms with van der Waals surface area (Å²) >= 11 is 0. The highest BCUT2D eigenvalue weighted by atomic mass is 14.4. The molecule has 0 aliphatic heterocycles. The van der Waals surface area contributed by atoms with Crippen LogP contribution in [0.3, 0.4) is 0 Å². The van der Waals surface area contributed by atoms with Crippen LogP contribution in [0.1, 0.15) is 72.1 Å². The minimum absolute atomic E-state index is 0.761. The highest BCUT2D eigenvalue weighted by Gasteiger charge is 2.35. The topological polar surface area (TPSA) is 0 Å². The fraction of sp³-hybridized carbons (Fsp3) is 1.00. The Morgan fingerprint density at radius 2 is 2.00 bits per heavy atom. The van der Waals surface area contributed by atoms with Crippen LogP contribution in [-0.4, -0.2) is 0 Å². The zero-order valence-electron chi connectivity index (χ0n) is 9.73. The Bertz CT molecular complexity index is 139. The smallest absolute Gasteiger partial charge is 0.0297 e. The molecule has 0 aromatic heterocycles. The lowest BCUT2D eigenvalue weighted by Gasteiger charge is -2.28. The summed E-state index contributed by atoms with van der Waals surface area (Å²) in [6, 6.07) is 0. The van der Waals surface area contributed by atoms with Crippen molar-refractivity contribution in [3.05, 3.63) is 0 Å². The first-order valence-electron chi connectivity index (χ1n) is 6.26. The minimum Gasteiger partial charge on any atom is -0.0654 e. The molecular formula is C13H26. The molecule has 1 aliphatic rings. The first-order valence-corrected chi connectivity index (χ1v) is 6.26. The van der Waals surface area contributed by atoms with Crippen molar-refractivity contribution in [2.45, 2.75) is 72.1 Å². The van der Waals surface area contributed by atoms with E-state index >= 15 is 0 Å². The Balaban J connectivity index is 2.42. The maximum atomic E-state index is 2.40. The zero-order valence-corrected chi connectivity index (χ0v) is 9.73. The summed E-state index contributed by atoms with van der Waals surface area (Å²) in [5.74, 6) is 1.05. The number of hydrogen-bond acceptors (Lipinski definition) is 0. The largest absolute Gasteiger partial charge is 0.0654 e. The van der Waals surface area contributed by atoms with Gasteiger partial charge in [-0.3, -0.25) is 0 Å². The van der Waals surface area contributed by atoms with Gasteiger partial charge in [-0.05, 0) is 37.0 Å². The van der Waals surface area contributed by atoms with Crippen LogP contribution in [0.5, 0.6) is 0 Å². The van der Waals surface area contributed by atoms with E-state index in [9.17, 15) is 0 Å². The predicted molar refractivity (Wildman–Crippen MR) is 59.9 cm³/mol. The Morgan fingerprint density at radius 3 is 2.46 bits per heavy atom. The molecular weight excluding hydrogens is 156 g/mol. The number of hydrogen-bond donors (Lipinski definition) is 0. The molecule has 1 fully saturated rings. The molecule has 0 N–H and O–H groups in total.